The van der Waals surface area contributed by atoms with Crippen LogP contribution in [0.2, 0.25) is 0 Å². The van der Waals surface area contributed by atoms with Crippen LogP contribution in [0.1, 0.15) is 27.2 Å². The normalized spacial score (nSPS) is 12.4. The minimum atomic E-state index is -3.72. The maximum absolute atomic E-state index is 14.3. The summed E-state index contributed by atoms with van der Waals surface area (Å²) in [7, 11) is -0.554. The minimum Gasteiger partial charge on any atom is -0.495 e. The second-order valence-electron chi connectivity index (χ2n) is 8.23. The van der Waals surface area contributed by atoms with E-state index in [1.807, 2.05) is 0 Å². The summed E-state index contributed by atoms with van der Waals surface area (Å²) in [5, 5.41) is 9.04. The van der Waals surface area contributed by atoms with E-state index < -0.39 is 20.5 Å². The van der Waals surface area contributed by atoms with Gasteiger partial charge in [-0.2, -0.15) is 4.39 Å². The molecule has 0 saturated heterocycles. The number of aliphatic hydroxyl groups is 1. The third-order valence-corrected chi connectivity index (χ3v) is 7.51. The number of pyridine rings is 2. The van der Waals surface area contributed by atoms with E-state index in [0.29, 0.717) is 35.7 Å². The van der Waals surface area contributed by atoms with Crippen molar-refractivity contribution in [1.82, 2.24) is 14.4 Å². The molecule has 0 fully saturated rings. The molecule has 0 saturated carbocycles. The van der Waals surface area contributed by atoms with Gasteiger partial charge < -0.3 is 14.7 Å². The predicted octanol–water partition coefficient (Wildman–Crippen LogP) is 2.93. The Kier molecular flexibility index (Phi) is 6.24. The van der Waals surface area contributed by atoms with Crippen LogP contribution in [-0.2, 0) is 9.84 Å². The number of anilines is 1. The molecule has 3 aromatic heterocycles. The quantitative estimate of drug-likeness (QED) is 0.553. The average molecular weight is 451 g/mol. The highest BCUT2D eigenvalue weighted by molar-refractivity contribution is 7.92. The van der Waals surface area contributed by atoms with Gasteiger partial charge in [0.25, 0.3) is 0 Å². The number of aliphatic hydroxyl groups excluding tert-OH is 1. The number of methoxy groups -OCH3 is 1. The number of rotatable bonds is 7. The van der Waals surface area contributed by atoms with Gasteiger partial charge in [0, 0.05) is 44.1 Å². The number of nitrogens with zero attached hydrogens (tertiary/aromatic N) is 4. The molecule has 3 heterocycles. The van der Waals surface area contributed by atoms with Gasteiger partial charge in [-0.3, -0.25) is 4.40 Å². The monoisotopic (exact) mass is 450 g/mol. The molecule has 0 amide bonds. The van der Waals surface area contributed by atoms with Crippen molar-refractivity contribution in [2.45, 2.75) is 36.8 Å². The zero-order valence-electron chi connectivity index (χ0n) is 18.3. The highest BCUT2D eigenvalue weighted by Gasteiger charge is 2.34. The summed E-state index contributed by atoms with van der Waals surface area (Å²) < 4.78 is 46.5. The Morgan fingerprint density at radius 1 is 1.26 bits per heavy atom. The summed E-state index contributed by atoms with van der Waals surface area (Å²) in [6.45, 7) is 5.38. The van der Waals surface area contributed by atoms with Gasteiger partial charge in [0.15, 0.2) is 9.84 Å². The van der Waals surface area contributed by atoms with Crippen molar-refractivity contribution < 1.29 is 22.7 Å². The van der Waals surface area contributed by atoms with Crippen molar-refractivity contribution in [3.05, 3.63) is 36.5 Å². The fourth-order valence-corrected chi connectivity index (χ4v) is 4.45. The molecule has 0 radical (unpaired) electrons. The van der Waals surface area contributed by atoms with Crippen molar-refractivity contribution >= 4 is 21.3 Å². The van der Waals surface area contributed by atoms with Crippen molar-refractivity contribution in [1.29, 1.82) is 0 Å². The molecule has 0 aliphatic rings. The van der Waals surface area contributed by atoms with Crippen LogP contribution in [0, 0.1) is 5.95 Å². The molecule has 8 nitrogen and oxygen atoms in total. The molecule has 0 bridgehead atoms. The van der Waals surface area contributed by atoms with E-state index in [0.717, 1.165) is 0 Å². The van der Waals surface area contributed by atoms with Crippen LogP contribution in [0.15, 0.2) is 35.5 Å². The maximum Gasteiger partial charge on any atom is 0.215 e. The lowest BCUT2D eigenvalue weighted by molar-refractivity contribution is 0.290. The highest BCUT2D eigenvalue weighted by Crippen LogP contribution is 2.34. The summed E-state index contributed by atoms with van der Waals surface area (Å²) in [4.78, 5) is 10.0. The van der Waals surface area contributed by atoms with Crippen LogP contribution in [0.25, 0.3) is 16.9 Å². The van der Waals surface area contributed by atoms with Gasteiger partial charge in [-0.1, -0.05) is 0 Å². The third-order valence-electron chi connectivity index (χ3n) is 5.01. The highest BCUT2D eigenvalue weighted by atomic mass is 32.2. The number of sulfone groups is 1. The van der Waals surface area contributed by atoms with Gasteiger partial charge >= 0.3 is 0 Å². The molecule has 168 valence electrons. The molecular weight excluding hydrogens is 423 g/mol. The van der Waals surface area contributed by atoms with Crippen LogP contribution < -0.4 is 9.64 Å². The second kappa shape index (κ2) is 8.43. The summed E-state index contributed by atoms with van der Waals surface area (Å²) in [6, 6.07) is 4.52. The van der Waals surface area contributed by atoms with E-state index in [4.69, 9.17) is 9.84 Å². The zero-order chi connectivity index (χ0) is 23.0. The molecule has 3 aromatic rings. The molecule has 0 aliphatic carbocycles. The summed E-state index contributed by atoms with van der Waals surface area (Å²) in [5.74, 6) is -0.0753. The average Bonchev–Trinajstić information content (AvgIpc) is 3.12. The van der Waals surface area contributed by atoms with Gasteiger partial charge in [-0.05, 0) is 33.3 Å². The van der Waals surface area contributed by atoms with E-state index in [1.54, 1.807) is 55.4 Å². The van der Waals surface area contributed by atoms with Crippen molar-refractivity contribution in [3.8, 4) is 17.0 Å². The Labute approximate surface area is 181 Å². The van der Waals surface area contributed by atoms with Crippen LogP contribution in [0.4, 0.5) is 10.2 Å². The van der Waals surface area contributed by atoms with Crippen LogP contribution in [0.3, 0.4) is 0 Å². The zero-order valence-corrected chi connectivity index (χ0v) is 19.1. The lowest BCUT2D eigenvalue weighted by Gasteiger charge is -2.21. The molecular formula is C21H27FN4O4S. The Hall–Kier alpha value is -2.72. The van der Waals surface area contributed by atoms with Crippen molar-refractivity contribution in [2.24, 2.45) is 0 Å². The molecule has 1 N–H and O–H groups in total. The number of halogens is 1. The van der Waals surface area contributed by atoms with Crippen molar-refractivity contribution in [2.75, 3.05) is 32.2 Å². The number of hydrogen-bond donors (Lipinski definition) is 1. The molecule has 0 atom stereocenters. The van der Waals surface area contributed by atoms with E-state index in [9.17, 15) is 12.8 Å². The fraction of sp³-hybridized carbons (Fsp3) is 0.429. The van der Waals surface area contributed by atoms with Gasteiger partial charge in [0.1, 0.15) is 22.1 Å². The summed E-state index contributed by atoms with van der Waals surface area (Å²) in [6.07, 6.45) is 3.53. The summed E-state index contributed by atoms with van der Waals surface area (Å²) in [5.41, 5.74) is 1.48. The smallest absolute Gasteiger partial charge is 0.215 e. The first-order valence-electron chi connectivity index (χ1n) is 9.79. The number of fused-ring (bicyclic) bond motifs is 1. The lowest BCUT2D eigenvalue weighted by Crippen LogP contribution is -2.28. The fourth-order valence-electron chi connectivity index (χ4n) is 3.14. The van der Waals surface area contributed by atoms with E-state index in [2.05, 4.69) is 9.97 Å². The SMILES string of the molecule is COc1cc2ncc(-c3cc(F)nc(N(C)CCCO)c3)n2cc1S(=O)(=O)C(C)(C)C. The first-order valence-corrected chi connectivity index (χ1v) is 11.3. The maximum atomic E-state index is 14.3. The molecule has 0 aliphatic heterocycles. The Morgan fingerprint density at radius 2 is 1.97 bits per heavy atom. The minimum absolute atomic E-state index is 0.0205. The molecule has 0 spiro atoms. The van der Waals surface area contributed by atoms with Gasteiger partial charge in [0.2, 0.25) is 5.95 Å². The molecule has 0 unspecified atom stereocenters. The largest absolute Gasteiger partial charge is 0.495 e. The Bertz CT molecular complexity index is 1200. The third kappa shape index (κ3) is 4.35. The topological polar surface area (TPSA) is 97.0 Å². The molecule has 31 heavy (non-hydrogen) atoms. The van der Waals surface area contributed by atoms with Gasteiger partial charge in [0.05, 0.1) is 23.7 Å². The lowest BCUT2D eigenvalue weighted by atomic mass is 10.2. The van der Waals surface area contributed by atoms with Crippen LogP contribution in [0.5, 0.6) is 5.75 Å². The number of imidazole rings is 1. The second-order valence-corrected chi connectivity index (χ2v) is 10.9. The summed E-state index contributed by atoms with van der Waals surface area (Å²) >= 11 is 0. The number of aromatic nitrogens is 3. The molecule has 3 rings (SSSR count). The van der Waals surface area contributed by atoms with E-state index in [1.165, 1.54) is 19.4 Å². The standard InChI is InChI=1S/C21H27FN4O4S/c1-21(2,3)31(28,29)17-13-26-15(12-23-19(26)11-16(17)30-5)14-9-18(22)24-20(10-14)25(4)7-6-8-27/h9-13,27H,6-8H2,1-5H3. The predicted molar refractivity (Wildman–Crippen MR) is 117 cm³/mol. The van der Waals surface area contributed by atoms with Crippen molar-refractivity contribution in [3.63, 3.8) is 0 Å². The van der Waals surface area contributed by atoms with Gasteiger partial charge in [-0.15, -0.1) is 0 Å². The Balaban J connectivity index is 2.19. The van der Waals surface area contributed by atoms with Crippen LogP contribution >= 0.6 is 0 Å². The van der Waals surface area contributed by atoms with Crippen LogP contribution in [-0.4, -0.2) is 59.9 Å². The molecule has 10 heteroatoms. The first-order chi connectivity index (χ1) is 14.5. The van der Waals surface area contributed by atoms with E-state index in [-0.39, 0.29) is 17.3 Å². The van der Waals surface area contributed by atoms with Gasteiger partial charge in [-0.25, -0.2) is 18.4 Å². The molecule has 0 aromatic carbocycles. The van der Waals surface area contributed by atoms with E-state index >= 15 is 0 Å². The number of hydrogen-bond acceptors (Lipinski definition) is 7. The Morgan fingerprint density at radius 3 is 2.58 bits per heavy atom. The number of ether oxygens (including phenoxy) is 1. The first kappa shape index (κ1) is 23.0.